The predicted octanol–water partition coefficient (Wildman–Crippen LogP) is 4.73. The van der Waals surface area contributed by atoms with Gasteiger partial charge in [0.2, 0.25) is 5.75 Å². The van der Waals surface area contributed by atoms with Gasteiger partial charge in [0.15, 0.2) is 28.2 Å². The Morgan fingerprint density at radius 1 is 0.730 bits per heavy atom. The number of hydrogen-bond donors (Lipinski definition) is 0. The third-order valence-corrected chi connectivity index (χ3v) is 6.77. The standard InChI is InChI=1S/C27H28N2O7S/c1-31-20-10-8-7-9-19(20)29-26(30)17-13-21(32-2)22(33-3)14-18(17)28-27(29)37-15-16-11-23(34-4)25(36-6)24(12-16)35-5/h7-14H,15H2,1-6H3. The summed E-state index contributed by atoms with van der Waals surface area (Å²) in [4.78, 5) is 18.7. The van der Waals surface area contributed by atoms with Gasteiger partial charge in [-0.1, -0.05) is 23.9 Å². The zero-order valence-corrected chi connectivity index (χ0v) is 22.3. The van der Waals surface area contributed by atoms with Gasteiger partial charge in [-0.05, 0) is 35.9 Å². The molecular formula is C27H28N2O7S. The SMILES string of the molecule is COc1cc2nc(SCc3cc(OC)c(OC)c(OC)c3)n(-c3ccccc3OC)c(=O)c2cc1OC. The Balaban J connectivity index is 1.89. The third-order valence-electron chi connectivity index (χ3n) is 5.76. The summed E-state index contributed by atoms with van der Waals surface area (Å²) in [5, 5.41) is 0.865. The molecular weight excluding hydrogens is 496 g/mol. The average Bonchev–Trinajstić information content (AvgIpc) is 2.94. The minimum Gasteiger partial charge on any atom is -0.495 e. The molecule has 0 N–H and O–H groups in total. The zero-order valence-electron chi connectivity index (χ0n) is 21.5. The van der Waals surface area contributed by atoms with Crippen LogP contribution in [0.15, 0.2) is 58.5 Å². The second-order valence-electron chi connectivity index (χ2n) is 7.75. The van der Waals surface area contributed by atoms with Gasteiger partial charge in [-0.25, -0.2) is 4.98 Å². The first-order valence-corrected chi connectivity index (χ1v) is 12.2. The minimum absolute atomic E-state index is 0.261. The van der Waals surface area contributed by atoms with E-state index in [0.29, 0.717) is 62.0 Å². The molecule has 0 bridgehead atoms. The van der Waals surface area contributed by atoms with E-state index in [4.69, 9.17) is 33.4 Å². The van der Waals surface area contributed by atoms with Crippen LogP contribution in [-0.2, 0) is 5.75 Å². The molecule has 0 saturated carbocycles. The molecule has 1 heterocycles. The zero-order chi connectivity index (χ0) is 26.5. The normalized spacial score (nSPS) is 10.8. The van der Waals surface area contributed by atoms with Crippen LogP contribution in [0.25, 0.3) is 16.6 Å². The Morgan fingerprint density at radius 2 is 1.32 bits per heavy atom. The van der Waals surface area contributed by atoms with Crippen molar-refractivity contribution >= 4 is 22.7 Å². The van der Waals surface area contributed by atoms with Gasteiger partial charge in [0.25, 0.3) is 5.56 Å². The molecule has 0 fully saturated rings. The van der Waals surface area contributed by atoms with Crippen molar-refractivity contribution in [2.45, 2.75) is 10.9 Å². The highest BCUT2D eigenvalue weighted by Gasteiger charge is 2.20. The first-order chi connectivity index (χ1) is 18.0. The number of thioether (sulfide) groups is 1. The number of para-hydroxylation sites is 2. The highest BCUT2D eigenvalue weighted by molar-refractivity contribution is 7.98. The summed E-state index contributed by atoms with van der Waals surface area (Å²) in [5.74, 6) is 3.54. The summed E-state index contributed by atoms with van der Waals surface area (Å²) >= 11 is 1.39. The van der Waals surface area contributed by atoms with E-state index in [1.807, 2.05) is 30.3 Å². The van der Waals surface area contributed by atoms with E-state index >= 15 is 0 Å². The van der Waals surface area contributed by atoms with E-state index in [-0.39, 0.29) is 5.56 Å². The van der Waals surface area contributed by atoms with Crippen LogP contribution in [0.5, 0.6) is 34.5 Å². The molecule has 0 aliphatic carbocycles. The van der Waals surface area contributed by atoms with Crippen molar-refractivity contribution in [2.75, 3.05) is 42.7 Å². The number of rotatable bonds is 10. The molecule has 0 amide bonds. The number of nitrogens with zero attached hydrogens (tertiary/aromatic N) is 2. The highest BCUT2D eigenvalue weighted by Crippen LogP contribution is 2.40. The summed E-state index contributed by atoms with van der Waals surface area (Å²) in [6, 6.07) is 14.4. The number of methoxy groups -OCH3 is 6. The predicted molar refractivity (Wildman–Crippen MR) is 143 cm³/mol. The van der Waals surface area contributed by atoms with Gasteiger partial charge in [0.1, 0.15) is 5.75 Å². The van der Waals surface area contributed by atoms with Crippen LogP contribution in [0.4, 0.5) is 0 Å². The molecule has 0 atom stereocenters. The second-order valence-corrected chi connectivity index (χ2v) is 8.70. The van der Waals surface area contributed by atoms with Crippen LogP contribution in [0, 0.1) is 0 Å². The van der Waals surface area contributed by atoms with E-state index < -0.39 is 0 Å². The molecule has 0 aliphatic heterocycles. The lowest BCUT2D eigenvalue weighted by Gasteiger charge is -2.17. The van der Waals surface area contributed by atoms with Crippen LogP contribution in [0.3, 0.4) is 0 Å². The number of aromatic nitrogens is 2. The van der Waals surface area contributed by atoms with Crippen molar-refractivity contribution in [3.05, 3.63) is 64.4 Å². The van der Waals surface area contributed by atoms with Crippen molar-refractivity contribution in [3.8, 4) is 40.2 Å². The lowest BCUT2D eigenvalue weighted by molar-refractivity contribution is 0.324. The van der Waals surface area contributed by atoms with Crippen molar-refractivity contribution in [1.82, 2.24) is 9.55 Å². The van der Waals surface area contributed by atoms with Gasteiger partial charge in [-0.2, -0.15) is 0 Å². The van der Waals surface area contributed by atoms with Crippen LogP contribution >= 0.6 is 11.8 Å². The van der Waals surface area contributed by atoms with E-state index in [9.17, 15) is 4.79 Å². The maximum Gasteiger partial charge on any atom is 0.266 e. The number of benzene rings is 3. The largest absolute Gasteiger partial charge is 0.495 e. The second kappa shape index (κ2) is 11.3. The van der Waals surface area contributed by atoms with Gasteiger partial charge in [0.05, 0.1) is 59.2 Å². The molecule has 4 rings (SSSR count). The molecule has 0 saturated heterocycles. The van der Waals surface area contributed by atoms with Crippen molar-refractivity contribution in [2.24, 2.45) is 0 Å². The molecule has 0 radical (unpaired) electrons. The van der Waals surface area contributed by atoms with Gasteiger partial charge in [-0.3, -0.25) is 9.36 Å². The Labute approximate surface area is 218 Å². The summed E-state index contributed by atoms with van der Waals surface area (Å²) in [6.45, 7) is 0. The van der Waals surface area contributed by atoms with Crippen molar-refractivity contribution in [1.29, 1.82) is 0 Å². The molecule has 37 heavy (non-hydrogen) atoms. The highest BCUT2D eigenvalue weighted by atomic mass is 32.2. The minimum atomic E-state index is -0.261. The topological polar surface area (TPSA) is 90.3 Å². The molecule has 3 aromatic carbocycles. The first-order valence-electron chi connectivity index (χ1n) is 11.2. The third kappa shape index (κ3) is 4.97. The van der Waals surface area contributed by atoms with Gasteiger partial charge in [-0.15, -0.1) is 0 Å². The van der Waals surface area contributed by atoms with Crippen LogP contribution < -0.4 is 34.0 Å². The quantitative estimate of drug-likeness (QED) is 0.216. The fourth-order valence-corrected chi connectivity index (χ4v) is 4.92. The molecule has 0 aliphatic rings. The fourth-order valence-electron chi connectivity index (χ4n) is 3.98. The monoisotopic (exact) mass is 524 g/mol. The maximum atomic E-state index is 13.9. The van der Waals surface area contributed by atoms with E-state index in [2.05, 4.69) is 0 Å². The summed E-state index contributed by atoms with van der Waals surface area (Å²) in [5.41, 5.74) is 1.70. The van der Waals surface area contributed by atoms with E-state index in [1.54, 1.807) is 58.3 Å². The van der Waals surface area contributed by atoms with Gasteiger partial charge in [0, 0.05) is 11.8 Å². The molecule has 9 nitrogen and oxygen atoms in total. The molecule has 0 unspecified atom stereocenters. The summed E-state index contributed by atoms with van der Waals surface area (Å²) in [6.07, 6.45) is 0. The Bertz CT molecular complexity index is 1460. The van der Waals surface area contributed by atoms with Gasteiger partial charge >= 0.3 is 0 Å². The number of hydrogen-bond acceptors (Lipinski definition) is 9. The molecule has 194 valence electrons. The maximum absolute atomic E-state index is 13.9. The fraction of sp³-hybridized carbons (Fsp3) is 0.259. The Morgan fingerprint density at radius 3 is 1.92 bits per heavy atom. The summed E-state index contributed by atoms with van der Waals surface area (Å²) in [7, 11) is 9.33. The lowest BCUT2D eigenvalue weighted by atomic mass is 10.2. The van der Waals surface area contributed by atoms with Gasteiger partial charge < -0.3 is 28.4 Å². The molecule has 1 aromatic heterocycles. The van der Waals surface area contributed by atoms with Crippen LogP contribution in [0.1, 0.15) is 5.56 Å². The van der Waals surface area contributed by atoms with E-state index in [1.165, 1.54) is 18.9 Å². The first kappa shape index (κ1) is 26.0. The number of fused-ring (bicyclic) bond motifs is 1. The van der Waals surface area contributed by atoms with Crippen molar-refractivity contribution in [3.63, 3.8) is 0 Å². The van der Waals surface area contributed by atoms with Crippen LogP contribution in [-0.4, -0.2) is 52.2 Å². The van der Waals surface area contributed by atoms with E-state index in [0.717, 1.165) is 5.56 Å². The Kier molecular flexibility index (Phi) is 7.98. The average molecular weight is 525 g/mol. The van der Waals surface area contributed by atoms with Crippen LogP contribution in [0.2, 0.25) is 0 Å². The molecule has 10 heteroatoms. The molecule has 4 aromatic rings. The smallest absolute Gasteiger partial charge is 0.266 e. The Hall–Kier alpha value is -4.05. The van der Waals surface area contributed by atoms with Crippen molar-refractivity contribution < 1.29 is 28.4 Å². The number of ether oxygens (including phenoxy) is 6. The summed E-state index contributed by atoms with van der Waals surface area (Å²) < 4.78 is 34.4. The molecule has 0 spiro atoms. The lowest BCUT2D eigenvalue weighted by Crippen LogP contribution is -2.22.